The summed E-state index contributed by atoms with van der Waals surface area (Å²) in [4.78, 5) is 27.8. The summed E-state index contributed by atoms with van der Waals surface area (Å²) in [6.07, 6.45) is 9.68. The molecule has 2 N–H and O–H groups in total. The van der Waals surface area contributed by atoms with Crippen LogP contribution in [0, 0.1) is 0 Å². The minimum Gasteiger partial charge on any atom is -0.364 e. The first kappa shape index (κ1) is 21.6. The fraction of sp³-hybridized carbons (Fsp3) is 0.435. The quantitative estimate of drug-likeness (QED) is 0.251. The van der Waals surface area contributed by atoms with Crippen molar-refractivity contribution in [2.75, 3.05) is 0 Å². The number of carbonyl (C=O) groups is 2. The maximum absolute atomic E-state index is 12.4. The predicted molar refractivity (Wildman–Crippen MR) is 114 cm³/mol. The number of aromatic amines is 2. The first-order chi connectivity index (χ1) is 14.7. The standard InChI is InChI=1S/C23H29N5O2/c1-2-3-12-18(13-8-7-11-17-9-5-4-6-10-17)19-14-15-24-20(19)16-21(29)22(30)23-25-27-28-26-23/h4-6,9-10,14-15,18,24H,2-3,7-8,11-13,16H2,1H3,(H,25,26,27,28). The maximum Gasteiger partial charge on any atom is 0.269 e. The average Bonchev–Trinajstić information content (AvgIpc) is 3.46. The van der Waals surface area contributed by atoms with Gasteiger partial charge in [-0.1, -0.05) is 56.5 Å². The summed E-state index contributed by atoms with van der Waals surface area (Å²) >= 11 is 0. The van der Waals surface area contributed by atoms with Crippen molar-refractivity contribution in [2.45, 2.75) is 64.2 Å². The Morgan fingerprint density at radius 1 is 1.03 bits per heavy atom. The largest absolute Gasteiger partial charge is 0.364 e. The summed E-state index contributed by atoms with van der Waals surface area (Å²) in [5.41, 5.74) is 3.34. The number of ketones is 2. The van der Waals surface area contributed by atoms with Gasteiger partial charge in [-0.2, -0.15) is 5.21 Å². The molecule has 1 aromatic carbocycles. The molecule has 0 fully saturated rings. The number of nitrogens with one attached hydrogen (secondary N) is 2. The Bertz CT molecular complexity index is 918. The van der Waals surface area contributed by atoms with Crippen molar-refractivity contribution in [2.24, 2.45) is 0 Å². The Kier molecular flexibility index (Phi) is 8.06. The van der Waals surface area contributed by atoms with Crippen LogP contribution in [0.15, 0.2) is 42.6 Å². The molecule has 0 bridgehead atoms. The Labute approximate surface area is 176 Å². The molecule has 30 heavy (non-hydrogen) atoms. The van der Waals surface area contributed by atoms with Crippen molar-refractivity contribution in [3.05, 3.63) is 65.2 Å². The number of H-pyrrole nitrogens is 2. The van der Waals surface area contributed by atoms with Gasteiger partial charge in [0, 0.05) is 11.9 Å². The van der Waals surface area contributed by atoms with Gasteiger partial charge in [-0.25, -0.2) is 0 Å². The van der Waals surface area contributed by atoms with Crippen molar-refractivity contribution >= 4 is 11.6 Å². The maximum atomic E-state index is 12.4. The molecule has 3 rings (SSSR count). The predicted octanol–water partition coefficient (Wildman–Crippen LogP) is 4.21. The summed E-state index contributed by atoms with van der Waals surface area (Å²) in [5.74, 6) is -1.04. The van der Waals surface area contributed by atoms with Crippen LogP contribution in [0.5, 0.6) is 0 Å². The SMILES string of the molecule is CCCCC(CCCCc1ccccc1)c1cc[nH]c1CC(=O)C(=O)c1nn[nH]n1. The van der Waals surface area contributed by atoms with Gasteiger partial charge in [0.25, 0.3) is 5.78 Å². The summed E-state index contributed by atoms with van der Waals surface area (Å²) in [6, 6.07) is 12.6. The third kappa shape index (κ3) is 5.95. The van der Waals surface area contributed by atoms with E-state index in [9.17, 15) is 9.59 Å². The first-order valence-electron chi connectivity index (χ1n) is 10.7. The second-order valence-electron chi connectivity index (χ2n) is 7.65. The van der Waals surface area contributed by atoms with Crippen LogP contribution in [-0.4, -0.2) is 37.2 Å². The molecule has 0 saturated heterocycles. The fourth-order valence-electron chi connectivity index (χ4n) is 3.85. The summed E-state index contributed by atoms with van der Waals surface area (Å²) in [7, 11) is 0. The Hall–Kier alpha value is -3.09. The minimum atomic E-state index is -0.711. The van der Waals surface area contributed by atoms with Gasteiger partial charge in [0.1, 0.15) is 0 Å². The van der Waals surface area contributed by atoms with E-state index in [4.69, 9.17) is 0 Å². The van der Waals surface area contributed by atoms with Crippen LogP contribution < -0.4 is 0 Å². The minimum absolute atomic E-state index is 0.0301. The van der Waals surface area contributed by atoms with Gasteiger partial charge in [-0.3, -0.25) is 9.59 Å². The highest BCUT2D eigenvalue weighted by Crippen LogP contribution is 2.30. The van der Waals surface area contributed by atoms with E-state index < -0.39 is 11.6 Å². The molecule has 2 aromatic heterocycles. The van der Waals surface area contributed by atoms with Crippen LogP contribution in [0.25, 0.3) is 0 Å². The number of hydrogen-bond acceptors (Lipinski definition) is 5. The number of rotatable bonds is 13. The van der Waals surface area contributed by atoms with E-state index in [1.54, 1.807) is 0 Å². The Morgan fingerprint density at radius 3 is 2.57 bits per heavy atom. The van der Waals surface area contributed by atoms with Crippen LogP contribution in [0.1, 0.15) is 78.8 Å². The second-order valence-corrected chi connectivity index (χ2v) is 7.65. The number of Topliss-reactive ketones (excluding diaryl/α,β-unsaturated/α-hetero) is 2. The molecule has 158 valence electrons. The van der Waals surface area contributed by atoms with Gasteiger partial charge in [0.05, 0.1) is 6.42 Å². The lowest BCUT2D eigenvalue weighted by molar-refractivity contribution is -0.114. The van der Waals surface area contributed by atoms with E-state index in [1.165, 1.54) is 5.56 Å². The van der Waals surface area contributed by atoms with Crippen molar-refractivity contribution in [1.29, 1.82) is 0 Å². The molecule has 0 radical (unpaired) electrons. The lowest BCUT2D eigenvalue weighted by Crippen LogP contribution is -2.19. The number of carbonyl (C=O) groups excluding carboxylic acids is 2. The van der Waals surface area contributed by atoms with E-state index in [1.807, 2.05) is 12.3 Å². The molecule has 0 aliphatic heterocycles. The molecule has 0 spiro atoms. The number of unbranched alkanes of at least 4 members (excludes halogenated alkanes) is 2. The van der Waals surface area contributed by atoms with Crippen molar-refractivity contribution < 1.29 is 9.59 Å². The molecule has 2 heterocycles. The molecule has 7 heteroatoms. The molecule has 3 aromatic rings. The van der Waals surface area contributed by atoms with Gasteiger partial charge < -0.3 is 4.98 Å². The number of benzene rings is 1. The van der Waals surface area contributed by atoms with E-state index >= 15 is 0 Å². The van der Waals surface area contributed by atoms with Crippen molar-refractivity contribution in [1.82, 2.24) is 25.6 Å². The summed E-state index contributed by atoms with van der Waals surface area (Å²) in [6.45, 7) is 2.19. The van der Waals surface area contributed by atoms with Gasteiger partial charge in [-0.05, 0) is 54.0 Å². The average molecular weight is 408 g/mol. The van der Waals surface area contributed by atoms with E-state index in [0.717, 1.165) is 56.2 Å². The monoisotopic (exact) mass is 407 g/mol. The highest BCUT2D eigenvalue weighted by molar-refractivity contribution is 6.43. The molecule has 0 saturated carbocycles. The van der Waals surface area contributed by atoms with Gasteiger partial charge in [0.2, 0.25) is 11.6 Å². The molecule has 0 amide bonds. The third-order valence-corrected chi connectivity index (χ3v) is 5.46. The number of aryl methyl sites for hydroxylation is 1. The van der Waals surface area contributed by atoms with Crippen LogP contribution in [0.4, 0.5) is 0 Å². The zero-order valence-electron chi connectivity index (χ0n) is 17.4. The topological polar surface area (TPSA) is 104 Å². The van der Waals surface area contributed by atoms with Crippen LogP contribution in [0.2, 0.25) is 0 Å². The van der Waals surface area contributed by atoms with Crippen molar-refractivity contribution in [3.63, 3.8) is 0 Å². The normalized spacial score (nSPS) is 12.0. The molecule has 7 nitrogen and oxygen atoms in total. The number of nitrogens with zero attached hydrogens (tertiary/aromatic N) is 3. The van der Waals surface area contributed by atoms with Gasteiger partial charge in [-0.15, -0.1) is 10.2 Å². The molecular weight excluding hydrogens is 378 g/mol. The van der Waals surface area contributed by atoms with Crippen LogP contribution in [-0.2, 0) is 17.6 Å². The fourth-order valence-corrected chi connectivity index (χ4v) is 3.85. The lowest BCUT2D eigenvalue weighted by atomic mass is 9.87. The Balaban J connectivity index is 1.60. The smallest absolute Gasteiger partial charge is 0.269 e. The summed E-state index contributed by atoms with van der Waals surface area (Å²) in [5, 5.41) is 12.8. The third-order valence-electron chi connectivity index (χ3n) is 5.46. The highest BCUT2D eigenvalue weighted by Gasteiger charge is 2.24. The first-order valence-corrected chi connectivity index (χ1v) is 10.7. The van der Waals surface area contributed by atoms with E-state index in [0.29, 0.717) is 5.92 Å². The molecule has 0 aliphatic carbocycles. The number of aromatic nitrogens is 5. The molecule has 1 atom stereocenters. The Morgan fingerprint density at radius 2 is 1.83 bits per heavy atom. The molecule has 1 unspecified atom stereocenters. The lowest BCUT2D eigenvalue weighted by Gasteiger charge is -2.18. The van der Waals surface area contributed by atoms with Crippen LogP contribution in [0.3, 0.4) is 0 Å². The zero-order chi connectivity index (χ0) is 21.2. The van der Waals surface area contributed by atoms with Crippen LogP contribution >= 0.6 is 0 Å². The number of tetrazole rings is 1. The summed E-state index contributed by atoms with van der Waals surface area (Å²) < 4.78 is 0. The molecule has 0 aliphatic rings. The second kappa shape index (κ2) is 11.2. The van der Waals surface area contributed by atoms with Crippen molar-refractivity contribution in [3.8, 4) is 0 Å². The van der Waals surface area contributed by atoms with E-state index in [-0.39, 0.29) is 12.2 Å². The van der Waals surface area contributed by atoms with E-state index in [2.05, 4.69) is 62.9 Å². The number of hydrogen-bond donors (Lipinski definition) is 2. The highest BCUT2D eigenvalue weighted by atomic mass is 16.2. The van der Waals surface area contributed by atoms with Gasteiger partial charge >= 0.3 is 0 Å². The zero-order valence-corrected chi connectivity index (χ0v) is 17.4. The molecular formula is C23H29N5O2. The van der Waals surface area contributed by atoms with Gasteiger partial charge in [0.15, 0.2) is 0 Å².